The summed E-state index contributed by atoms with van der Waals surface area (Å²) >= 11 is 0. The molecule has 1 aliphatic rings. The van der Waals surface area contributed by atoms with Crippen LogP contribution in [0.3, 0.4) is 0 Å². The van der Waals surface area contributed by atoms with Crippen molar-refractivity contribution in [1.82, 2.24) is 15.1 Å². The van der Waals surface area contributed by atoms with Gasteiger partial charge in [-0.25, -0.2) is 0 Å². The normalized spacial score (nSPS) is 25.1. The second-order valence-electron chi connectivity index (χ2n) is 4.67. The van der Waals surface area contributed by atoms with Crippen LogP contribution < -0.4 is 5.32 Å². The minimum atomic E-state index is -0.212. The van der Waals surface area contributed by atoms with Crippen LogP contribution >= 0.6 is 0 Å². The summed E-state index contributed by atoms with van der Waals surface area (Å²) in [7, 11) is 0. The lowest BCUT2D eigenvalue weighted by molar-refractivity contribution is 0.0902. The first kappa shape index (κ1) is 12.5. The Bertz CT molecular complexity index is 340. The van der Waals surface area contributed by atoms with Crippen molar-refractivity contribution < 1.29 is 10.2 Å². The summed E-state index contributed by atoms with van der Waals surface area (Å²) < 4.78 is 1.73. The van der Waals surface area contributed by atoms with Gasteiger partial charge in [0.2, 0.25) is 0 Å². The average Bonchev–Trinajstić information content (AvgIpc) is 2.76. The van der Waals surface area contributed by atoms with E-state index in [0.29, 0.717) is 6.54 Å². The fourth-order valence-corrected chi connectivity index (χ4v) is 2.32. The van der Waals surface area contributed by atoms with E-state index < -0.39 is 0 Å². The Morgan fingerprint density at radius 1 is 1.41 bits per heavy atom. The third-order valence-electron chi connectivity index (χ3n) is 3.31. The van der Waals surface area contributed by atoms with Gasteiger partial charge in [0.05, 0.1) is 25.5 Å². The molecule has 0 bridgehead atoms. The molecule has 0 aromatic carbocycles. The Morgan fingerprint density at radius 2 is 2.24 bits per heavy atom. The molecule has 0 spiro atoms. The van der Waals surface area contributed by atoms with Crippen molar-refractivity contribution in [2.45, 2.75) is 50.9 Å². The number of aromatic nitrogens is 2. The fourth-order valence-electron chi connectivity index (χ4n) is 2.32. The van der Waals surface area contributed by atoms with E-state index in [4.69, 9.17) is 5.11 Å². The summed E-state index contributed by atoms with van der Waals surface area (Å²) in [6, 6.07) is 0.213. The average molecular weight is 239 g/mol. The third kappa shape index (κ3) is 3.52. The lowest BCUT2D eigenvalue weighted by Crippen LogP contribution is -2.41. The smallest absolute Gasteiger partial charge is 0.0693 e. The van der Waals surface area contributed by atoms with Crippen molar-refractivity contribution in [2.75, 3.05) is 6.61 Å². The fraction of sp³-hybridized carbons (Fsp3) is 0.750. The van der Waals surface area contributed by atoms with Gasteiger partial charge in [0.25, 0.3) is 0 Å². The maximum atomic E-state index is 9.82. The van der Waals surface area contributed by atoms with E-state index in [0.717, 1.165) is 31.4 Å². The van der Waals surface area contributed by atoms with E-state index in [1.54, 1.807) is 10.9 Å². The number of aliphatic hydroxyl groups is 2. The molecule has 3 N–H and O–H groups in total. The molecule has 0 aliphatic heterocycles. The van der Waals surface area contributed by atoms with E-state index in [-0.39, 0.29) is 18.8 Å². The SMILES string of the molecule is OCCn1cc(CNC2CCCCC2O)cn1. The largest absolute Gasteiger partial charge is 0.394 e. The second-order valence-corrected chi connectivity index (χ2v) is 4.67. The quantitative estimate of drug-likeness (QED) is 0.690. The van der Waals surface area contributed by atoms with Gasteiger partial charge in [-0.3, -0.25) is 4.68 Å². The Labute approximate surface area is 101 Å². The van der Waals surface area contributed by atoms with Crippen molar-refractivity contribution in [3.63, 3.8) is 0 Å². The predicted molar refractivity (Wildman–Crippen MR) is 64.4 cm³/mol. The molecule has 2 rings (SSSR count). The van der Waals surface area contributed by atoms with E-state index in [1.807, 2.05) is 6.20 Å². The van der Waals surface area contributed by atoms with Gasteiger partial charge in [0.1, 0.15) is 0 Å². The summed E-state index contributed by atoms with van der Waals surface area (Å²) in [5.74, 6) is 0. The first-order valence-electron chi connectivity index (χ1n) is 6.33. The Hall–Kier alpha value is -0.910. The van der Waals surface area contributed by atoms with Gasteiger partial charge in [0, 0.05) is 24.3 Å². The molecular formula is C12H21N3O2. The van der Waals surface area contributed by atoms with Crippen LogP contribution in [0, 0.1) is 0 Å². The highest BCUT2D eigenvalue weighted by atomic mass is 16.3. The Morgan fingerprint density at radius 3 is 3.00 bits per heavy atom. The summed E-state index contributed by atoms with van der Waals surface area (Å²) in [6.07, 6.45) is 7.80. The molecule has 2 atom stereocenters. The van der Waals surface area contributed by atoms with Crippen LogP contribution in [0.5, 0.6) is 0 Å². The summed E-state index contributed by atoms with van der Waals surface area (Å²) in [5.41, 5.74) is 1.09. The van der Waals surface area contributed by atoms with E-state index >= 15 is 0 Å². The molecule has 5 nitrogen and oxygen atoms in total. The van der Waals surface area contributed by atoms with Crippen molar-refractivity contribution in [3.8, 4) is 0 Å². The minimum absolute atomic E-state index is 0.107. The number of hydrogen-bond acceptors (Lipinski definition) is 4. The molecule has 1 aromatic heterocycles. The van der Waals surface area contributed by atoms with Gasteiger partial charge in [0.15, 0.2) is 0 Å². The molecule has 5 heteroatoms. The highest BCUT2D eigenvalue weighted by molar-refractivity contribution is 5.03. The molecule has 1 fully saturated rings. The van der Waals surface area contributed by atoms with Crippen LogP contribution in [0.2, 0.25) is 0 Å². The summed E-state index contributed by atoms with van der Waals surface area (Å²) in [5, 5.41) is 26.1. The van der Waals surface area contributed by atoms with Crippen LogP contribution in [-0.2, 0) is 13.1 Å². The third-order valence-corrected chi connectivity index (χ3v) is 3.31. The maximum absolute atomic E-state index is 9.82. The van der Waals surface area contributed by atoms with Crippen LogP contribution in [0.15, 0.2) is 12.4 Å². The zero-order valence-electron chi connectivity index (χ0n) is 10.0. The van der Waals surface area contributed by atoms with Gasteiger partial charge < -0.3 is 15.5 Å². The van der Waals surface area contributed by atoms with Crippen molar-refractivity contribution in [1.29, 1.82) is 0 Å². The molecule has 2 unspecified atom stereocenters. The molecule has 1 aromatic rings. The topological polar surface area (TPSA) is 70.3 Å². The molecule has 1 aliphatic carbocycles. The number of aliphatic hydroxyl groups excluding tert-OH is 2. The van der Waals surface area contributed by atoms with E-state index in [2.05, 4.69) is 10.4 Å². The molecule has 0 radical (unpaired) electrons. The summed E-state index contributed by atoms with van der Waals surface area (Å²) in [4.78, 5) is 0. The number of nitrogens with zero attached hydrogens (tertiary/aromatic N) is 2. The monoisotopic (exact) mass is 239 g/mol. The lowest BCUT2D eigenvalue weighted by atomic mass is 9.92. The Balaban J connectivity index is 1.79. The molecule has 96 valence electrons. The van der Waals surface area contributed by atoms with Gasteiger partial charge in [-0.2, -0.15) is 5.10 Å². The molecular weight excluding hydrogens is 218 g/mol. The van der Waals surface area contributed by atoms with Gasteiger partial charge >= 0.3 is 0 Å². The maximum Gasteiger partial charge on any atom is 0.0693 e. The van der Waals surface area contributed by atoms with Crippen molar-refractivity contribution >= 4 is 0 Å². The van der Waals surface area contributed by atoms with Crippen LogP contribution in [0.1, 0.15) is 31.2 Å². The number of nitrogens with one attached hydrogen (secondary N) is 1. The van der Waals surface area contributed by atoms with Gasteiger partial charge in [-0.05, 0) is 12.8 Å². The predicted octanol–water partition coefficient (Wildman–Crippen LogP) is 0.268. The number of rotatable bonds is 5. The highest BCUT2D eigenvalue weighted by Crippen LogP contribution is 2.18. The molecule has 0 amide bonds. The standard InChI is InChI=1S/C12H21N3O2/c16-6-5-15-9-10(8-14-15)7-13-11-3-1-2-4-12(11)17/h8-9,11-13,16-17H,1-7H2. The van der Waals surface area contributed by atoms with Gasteiger partial charge in [-0.1, -0.05) is 12.8 Å². The second kappa shape index (κ2) is 6.14. The first-order valence-corrected chi connectivity index (χ1v) is 6.33. The van der Waals surface area contributed by atoms with Crippen molar-refractivity contribution in [3.05, 3.63) is 18.0 Å². The molecule has 17 heavy (non-hydrogen) atoms. The minimum Gasteiger partial charge on any atom is -0.394 e. The molecule has 1 heterocycles. The van der Waals surface area contributed by atoms with Crippen LogP contribution in [-0.4, -0.2) is 38.7 Å². The van der Waals surface area contributed by atoms with Crippen molar-refractivity contribution in [2.24, 2.45) is 0 Å². The first-order chi connectivity index (χ1) is 8.29. The lowest BCUT2D eigenvalue weighted by Gasteiger charge is -2.28. The van der Waals surface area contributed by atoms with Crippen LogP contribution in [0.4, 0.5) is 0 Å². The number of hydrogen-bond donors (Lipinski definition) is 3. The van der Waals surface area contributed by atoms with Crippen LogP contribution in [0.25, 0.3) is 0 Å². The van der Waals surface area contributed by atoms with E-state index in [1.165, 1.54) is 6.42 Å². The molecule has 0 saturated heterocycles. The Kier molecular flexibility index (Phi) is 4.53. The molecule has 1 saturated carbocycles. The van der Waals surface area contributed by atoms with E-state index in [9.17, 15) is 5.11 Å². The zero-order chi connectivity index (χ0) is 12.1. The summed E-state index contributed by atoms with van der Waals surface area (Å²) in [6.45, 7) is 1.37. The highest BCUT2D eigenvalue weighted by Gasteiger charge is 2.22. The van der Waals surface area contributed by atoms with Gasteiger partial charge in [-0.15, -0.1) is 0 Å². The zero-order valence-corrected chi connectivity index (χ0v) is 10.0.